The van der Waals surface area contributed by atoms with Gasteiger partial charge in [0.05, 0.1) is 6.04 Å². The van der Waals surface area contributed by atoms with Crippen LogP contribution < -0.4 is 16.4 Å². The predicted octanol–water partition coefficient (Wildman–Crippen LogP) is 1.10. The maximum absolute atomic E-state index is 12.4. The van der Waals surface area contributed by atoms with Crippen molar-refractivity contribution < 1.29 is 14.7 Å². The van der Waals surface area contributed by atoms with Gasteiger partial charge in [-0.05, 0) is 37.1 Å². The standard InChI is InChI=1S/C17H20N4O3S/c18-15(23)13(8-10-3-5-11(22)6-4-10)20-16(24)14-9-25-17(21-14)12-2-1-7-19-12/h3-6,9,12-13,19,22H,1-2,7-8H2,(H2,18,23)(H,20,24). The number of benzene rings is 1. The summed E-state index contributed by atoms with van der Waals surface area (Å²) in [7, 11) is 0. The van der Waals surface area contributed by atoms with E-state index < -0.39 is 17.9 Å². The third-order valence-corrected chi connectivity index (χ3v) is 5.10. The number of carbonyl (C=O) groups excluding carboxylic acids is 2. The molecule has 0 saturated carbocycles. The molecule has 8 heteroatoms. The molecule has 0 bridgehead atoms. The Labute approximate surface area is 149 Å². The first-order valence-corrected chi connectivity index (χ1v) is 8.98. The van der Waals surface area contributed by atoms with Gasteiger partial charge in [0.25, 0.3) is 5.91 Å². The lowest BCUT2D eigenvalue weighted by atomic mass is 10.1. The minimum absolute atomic E-state index is 0.138. The van der Waals surface area contributed by atoms with E-state index in [1.54, 1.807) is 17.5 Å². The molecule has 132 valence electrons. The number of aromatic hydroxyl groups is 1. The number of rotatable bonds is 6. The van der Waals surface area contributed by atoms with E-state index in [9.17, 15) is 14.7 Å². The molecule has 1 saturated heterocycles. The highest BCUT2D eigenvalue weighted by molar-refractivity contribution is 7.09. The fourth-order valence-corrected chi connectivity index (χ4v) is 3.68. The third-order valence-electron chi connectivity index (χ3n) is 4.14. The van der Waals surface area contributed by atoms with Crippen LogP contribution in [0.2, 0.25) is 0 Å². The average molecular weight is 360 g/mol. The van der Waals surface area contributed by atoms with E-state index in [0.29, 0.717) is 5.69 Å². The largest absolute Gasteiger partial charge is 0.508 e. The van der Waals surface area contributed by atoms with Gasteiger partial charge in [0.2, 0.25) is 5.91 Å². The number of thiazole rings is 1. The summed E-state index contributed by atoms with van der Waals surface area (Å²) in [5.41, 5.74) is 6.50. The molecule has 2 aromatic rings. The number of nitrogens with two attached hydrogens (primary N) is 1. The van der Waals surface area contributed by atoms with E-state index in [2.05, 4.69) is 15.6 Å². The summed E-state index contributed by atoms with van der Waals surface area (Å²) in [5.74, 6) is -0.892. The molecule has 2 unspecified atom stereocenters. The van der Waals surface area contributed by atoms with Gasteiger partial charge in [-0.1, -0.05) is 12.1 Å². The SMILES string of the molecule is NC(=O)C(Cc1ccc(O)cc1)NC(=O)c1csc(C2CCCN2)n1. The number of primary amides is 1. The van der Waals surface area contributed by atoms with Crippen molar-refractivity contribution in [2.24, 2.45) is 5.73 Å². The predicted molar refractivity (Wildman–Crippen MR) is 94.4 cm³/mol. The smallest absolute Gasteiger partial charge is 0.271 e. The number of phenols is 1. The summed E-state index contributed by atoms with van der Waals surface area (Å²) >= 11 is 1.44. The lowest BCUT2D eigenvalue weighted by Crippen LogP contribution is -2.46. The topological polar surface area (TPSA) is 117 Å². The molecule has 0 spiro atoms. The molecular formula is C17H20N4O3S. The fraction of sp³-hybridized carbons (Fsp3) is 0.353. The molecule has 0 radical (unpaired) electrons. The Balaban J connectivity index is 1.66. The van der Waals surface area contributed by atoms with E-state index in [1.807, 2.05) is 0 Å². The molecule has 1 aromatic heterocycles. The molecule has 2 heterocycles. The van der Waals surface area contributed by atoms with Crippen molar-refractivity contribution in [3.63, 3.8) is 0 Å². The minimum Gasteiger partial charge on any atom is -0.508 e. The fourth-order valence-electron chi connectivity index (χ4n) is 2.77. The number of amides is 2. The van der Waals surface area contributed by atoms with E-state index in [4.69, 9.17) is 5.73 Å². The number of nitrogens with one attached hydrogen (secondary N) is 2. The number of hydrogen-bond donors (Lipinski definition) is 4. The zero-order valence-corrected chi connectivity index (χ0v) is 14.4. The second-order valence-corrected chi connectivity index (χ2v) is 6.91. The van der Waals surface area contributed by atoms with Gasteiger partial charge < -0.3 is 21.5 Å². The molecule has 3 rings (SSSR count). The van der Waals surface area contributed by atoms with Crippen LogP contribution in [-0.2, 0) is 11.2 Å². The molecule has 7 nitrogen and oxygen atoms in total. The van der Waals surface area contributed by atoms with Crippen molar-refractivity contribution in [3.05, 3.63) is 45.9 Å². The molecular weight excluding hydrogens is 340 g/mol. The summed E-state index contributed by atoms with van der Waals surface area (Å²) in [5, 5.41) is 17.9. The van der Waals surface area contributed by atoms with Crippen molar-refractivity contribution in [3.8, 4) is 5.75 Å². The summed E-state index contributed by atoms with van der Waals surface area (Å²) in [4.78, 5) is 28.5. The van der Waals surface area contributed by atoms with Crippen molar-refractivity contribution in [2.45, 2.75) is 31.3 Å². The maximum atomic E-state index is 12.4. The van der Waals surface area contributed by atoms with Crippen molar-refractivity contribution in [2.75, 3.05) is 6.54 Å². The van der Waals surface area contributed by atoms with Crippen LogP contribution in [-0.4, -0.2) is 34.5 Å². The van der Waals surface area contributed by atoms with Crippen LogP contribution >= 0.6 is 11.3 Å². The summed E-state index contributed by atoms with van der Waals surface area (Å²) in [6, 6.07) is 5.78. The highest BCUT2D eigenvalue weighted by atomic mass is 32.1. The highest BCUT2D eigenvalue weighted by Gasteiger charge is 2.24. The Morgan fingerprint density at radius 2 is 2.16 bits per heavy atom. The van der Waals surface area contributed by atoms with E-state index >= 15 is 0 Å². The number of aromatic nitrogens is 1. The van der Waals surface area contributed by atoms with Crippen LogP contribution in [0, 0.1) is 0 Å². The normalized spacial score (nSPS) is 18.0. The van der Waals surface area contributed by atoms with Crippen LogP contribution in [0.15, 0.2) is 29.6 Å². The number of carbonyl (C=O) groups is 2. The van der Waals surface area contributed by atoms with E-state index in [0.717, 1.165) is 30.0 Å². The molecule has 0 aliphatic carbocycles. The van der Waals surface area contributed by atoms with Gasteiger partial charge in [-0.15, -0.1) is 11.3 Å². The summed E-state index contributed by atoms with van der Waals surface area (Å²) < 4.78 is 0. The van der Waals surface area contributed by atoms with Gasteiger partial charge >= 0.3 is 0 Å². The zero-order valence-electron chi connectivity index (χ0n) is 13.6. The van der Waals surface area contributed by atoms with Crippen molar-refractivity contribution in [1.82, 2.24) is 15.6 Å². The molecule has 1 aromatic carbocycles. The molecule has 2 atom stereocenters. The second-order valence-electron chi connectivity index (χ2n) is 6.02. The van der Waals surface area contributed by atoms with Crippen LogP contribution in [0.25, 0.3) is 0 Å². The van der Waals surface area contributed by atoms with Gasteiger partial charge in [-0.3, -0.25) is 9.59 Å². The van der Waals surface area contributed by atoms with Gasteiger partial charge in [-0.2, -0.15) is 0 Å². The summed E-state index contributed by atoms with van der Waals surface area (Å²) in [6.45, 7) is 0.960. The summed E-state index contributed by atoms with van der Waals surface area (Å²) in [6.07, 6.45) is 2.37. The highest BCUT2D eigenvalue weighted by Crippen LogP contribution is 2.25. The Morgan fingerprint density at radius 3 is 2.80 bits per heavy atom. The molecule has 1 fully saturated rings. The van der Waals surface area contributed by atoms with Crippen molar-refractivity contribution >= 4 is 23.2 Å². The number of hydrogen-bond acceptors (Lipinski definition) is 6. The Morgan fingerprint density at radius 1 is 1.40 bits per heavy atom. The first-order chi connectivity index (χ1) is 12.0. The lowest BCUT2D eigenvalue weighted by molar-refractivity contribution is -0.119. The van der Waals surface area contributed by atoms with Gasteiger partial charge in [0, 0.05) is 11.8 Å². The number of phenolic OH excluding ortho intramolecular Hbond substituents is 1. The molecule has 5 N–H and O–H groups in total. The van der Waals surface area contributed by atoms with Crippen LogP contribution in [0.3, 0.4) is 0 Å². The van der Waals surface area contributed by atoms with Crippen LogP contribution in [0.4, 0.5) is 0 Å². The first kappa shape index (κ1) is 17.4. The third kappa shape index (κ3) is 4.34. The van der Waals surface area contributed by atoms with Gasteiger partial charge in [-0.25, -0.2) is 4.98 Å². The van der Waals surface area contributed by atoms with Gasteiger partial charge in [0.15, 0.2) is 0 Å². The van der Waals surface area contributed by atoms with Crippen molar-refractivity contribution in [1.29, 1.82) is 0 Å². The van der Waals surface area contributed by atoms with E-state index in [-0.39, 0.29) is 18.2 Å². The molecule has 25 heavy (non-hydrogen) atoms. The second kappa shape index (κ2) is 7.62. The zero-order chi connectivity index (χ0) is 17.8. The maximum Gasteiger partial charge on any atom is 0.271 e. The molecule has 1 aliphatic rings. The van der Waals surface area contributed by atoms with E-state index in [1.165, 1.54) is 23.5 Å². The Bertz CT molecular complexity index is 754. The minimum atomic E-state index is -0.841. The lowest BCUT2D eigenvalue weighted by Gasteiger charge is -2.15. The first-order valence-electron chi connectivity index (χ1n) is 8.10. The van der Waals surface area contributed by atoms with Gasteiger partial charge in [0.1, 0.15) is 22.5 Å². The Kier molecular flexibility index (Phi) is 5.30. The van der Waals surface area contributed by atoms with Crippen LogP contribution in [0.1, 0.15) is 39.9 Å². The average Bonchev–Trinajstić information content (AvgIpc) is 3.27. The molecule has 1 aliphatic heterocycles. The molecule has 2 amide bonds. The number of nitrogens with zero attached hydrogens (tertiary/aromatic N) is 1. The van der Waals surface area contributed by atoms with Crippen LogP contribution in [0.5, 0.6) is 5.75 Å². The quantitative estimate of drug-likeness (QED) is 0.615. The Hall–Kier alpha value is -2.45. The monoisotopic (exact) mass is 360 g/mol.